The number of aromatic nitrogens is 2. The smallest absolute Gasteiger partial charge is 0.258 e. The Labute approximate surface area is 149 Å². The van der Waals surface area contributed by atoms with E-state index in [-0.39, 0.29) is 39.7 Å². The number of carbonyl (C=O) groups excluding carboxylic acids is 1. The zero-order chi connectivity index (χ0) is 18.4. The van der Waals surface area contributed by atoms with Gasteiger partial charge in [-0.3, -0.25) is 9.59 Å². The van der Waals surface area contributed by atoms with Crippen molar-refractivity contribution >= 4 is 23.4 Å². The van der Waals surface area contributed by atoms with E-state index in [2.05, 4.69) is 15.3 Å². The van der Waals surface area contributed by atoms with Gasteiger partial charge in [-0.05, 0) is 24.5 Å². The summed E-state index contributed by atoms with van der Waals surface area (Å²) in [5.41, 5.74) is 0.451. The maximum Gasteiger partial charge on any atom is 0.258 e. The molecule has 2 rings (SSSR count). The van der Waals surface area contributed by atoms with Crippen molar-refractivity contribution in [3.8, 4) is 11.6 Å². The number of anilines is 1. The van der Waals surface area contributed by atoms with Gasteiger partial charge in [0.25, 0.3) is 5.56 Å². The van der Waals surface area contributed by atoms with Gasteiger partial charge in [-0.25, -0.2) is 0 Å². The van der Waals surface area contributed by atoms with Crippen LogP contribution in [0.4, 0.5) is 5.69 Å². The molecular weight excluding hydrogens is 342 g/mol. The molecule has 1 aromatic carbocycles. The number of benzene rings is 1. The van der Waals surface area contributed by atoms with Crippen LogP contribution in [0.2, 0.25) is 0 Å². The molecule has 3 N–H and O–H groups in total. The van der Waals surface area contributed by atoms with Gasteiger partial charge in [-0.1, -0.05) is 37.7 Å². The van der Waals surface area contributed by atoms with Gasteiger partial charge in [0, 0.05) is 0 Å². The molecule has 0 aliphatic heterocycles. The number of methoxy groups -OCH3 is 1. The van der Waals surface area contributed by atoms with Crippen molar-refractivity contribution in [1.82, 2.24) is 9.97 Å². The third-order valence-corrected chi connectivity index (χ3v) is 4.61. The van der Waals surface area contributed by atoms with Gasteiger partial charge in [-0.2, -0.15) is 4.98 Å². The summed E-state index contributed by atoms with van der Waals surface area (Å²) in [7, 11) is 1.52. The average Bonchev–Trinajstić information content (AvgIpc) is 2.59. The summed E-state index contributed by atoms with van der Waals surface area (Å²) in [5, 5.41) is 12.9. The molecule has 134 valence electrons. The molecule has 0 saturated heterocycles. The highest BCUT2D eigenvalue weighted by molar-refractivity contribution is 7.99. The summed E-state index contributed by atoms with van der Waals surface area (Å²) in [5.74, 6) is -0.0659. The Morgan fingerprint density at radius 1 is 1.44 bits per heavy atom. The molecule has 0 fully saturated rings. The van der Waals surface area contributed by atoms with Crippen LogP contribution in [0.25, 0.3) is 0 Å². The lowest BCUT2D eigenvalue weighted by Gasteiger charge is -2.11. The molecular formula is C17H21N3O4S. The van der Waals surface area contributed by atoms with Crippen molar-refractivity contribution in [2.24, 2.45) is 0 Å². The molecule has 0 unspecified atom stereocenters. The molecule has 1 aromatic heterocycles. The van der Waals surface area contributed by atoms with Gasteiger partial charge in [0.15, 0.2) is 5.16 Å². The first-order valence-electron chi connectivity index (χ1n) is 7.85. The highest BCUT2D eigenvalue weighted by atomic mass is 32.2. The van der Waals surface area contributed by atoms with Crippen LogP contribution in [0.15, 0.2) is 34.2 Å². The molecule has 2 aromatic rings. The Morgan fingerprint density at radius 2 is 2.16 bits per heavy atom. The minimum absolute atomic E-state index is 0.0309. The van der Waals surface area contributed by atoms with Crippen molar-refractivity contribution in [3.63, 3.8) is 0 Å². The van der Waals surface area contributed by atoms with Crippen molar-refractivity contribution < 1.29 is 14.6 Å². The van der Waals surface area contributed by atoms with Crippen molar-refractivity contribution in [3.05, 3.63) is 40.2 Å². The number of thioether (sulfide) groups is 1. The predicted molar refractivity (Wildman–Crippen MR) is 97.6 cm³/mol. The molecule has 1 amide bonds. The molecule has 1 atom stereocenters. The number of carbonyl (C=O) groups is 1. The number of para-hydroxylation sites is 2. The summed E-state index contributed by atoms with van der Waals surface area (Å²) >= 11 is 1.04. The number of nitrogens with zero attached hydrogens (tertiary/aromatic N) is 1. The van der Waals surface area contributed by atoms with Gasteiger partial charge in [0.2, 0.25) is 11.8 Å². The monoisotopic (exact) mass is 363 g/mol. The largest absolute Gasteiger partial charge is 0.495 e. The van der Waals surface area contributed by atoms with E-state index in [1.807, 2.05) is 13.8 Å². The number of ether oxygens (including phenoxy) is 1. The van der Waals surface area contributed by atoms with Crippen LogP contribution in [0, 0.1) is 0 Å². The average molecular weight is 363 g/mol. The fraction of sp³-hybridized carbons (Fsp3) is 0.353. The zero-order valence-corrected chi connectivity index (χ0v) is 15.1. The van der Waals surface area contributed by atoms with Crippen molar-refractivity contribution in [2.75, 3.05) is 18.2 Å². The second kappa shape index (κ2) is 8.57. The Kier molecular flexibility index (Phi) is 6.46. The van der Waals surface area contributed by atoms with Crippen LogP contribution in [0.5, 0.6) is 11.6 Å². The quantitative estimate of drug-likeness (QED) is 0.516. The van der Waals surface area contributed by atoms with Gasteiger partial charge in [0.1, 0.15) is 5.75 Å². The number of aromatic hydroxyl groups is 1. The van der Waals surface area contributed by atoms with Crippen LogP contribution in [0.1, 0.15) is 31.7 Å². The Morgan fingerprint density at radius 3 is 2.80 bits per heavy atom. The number of aromatic amines is 1. The normalized spacial score (nSPS) is 11.8. The third kappa shape index (κ3) is 4.76. The molecule has 0 bridgehead atoms. The first kappa shape index (κ1) is 18.9. The molecule has 0 spiro atoms. The summed E-state index contributed by atoms with van der Waals surface area (Å²) in [6, 6.07) is 7.07. The first-order valence-corrected chi connectivity index (χ1v) is 8.83. The molecule has 25 heavy (non-hydrogen) atoms. The van der Waals surface area contributed by atoms with E-state index in [0.717, 1.165) is 11.8 Å². The second-order valence-corrected chi connectivity index (χ2v) is 6.42. The van der Waals surface area contributed by atoms with Crippen LogP contribution >= 0.6 is 11.8 Å². The SMILES string of the molecule is CC[C@@H](C)c1c(O)nc(SCC(=O)Nc2ccccc2OC)[nH]c1=O. The minimum atomic E-state index is -0.380. The lowest BCUT2D eigenvalue weighted by atomic mass is 10.0. The van der Waals surface area contributed by atoms with E-state index >= 15 is 0 Å². The Balaban J connectivity index is 2.04. The number of hydrogen-bond donors (Lipinski definition) is 3. The standard InChI is InChI=1S/C17H21N3O4S/c1-4-10(2)14-15(22)19-17(20-16(14)23)25-9-13(21)18-11-7-5-6-8-12(11)24-3/h5-8,10H,4,9H2,1-3H3,(H,18,21)(H2,19,20,22,23)/t10-/m1/s1. The highest BCUT2D eigenvalue weighted by Gasteiger charge is 2.17. The van der Waals surface area contributed by atoms with Crippen LogP contribution in [-0.4, -0.2) is 33.8 Å². The maximum atomic E-state index is 12.1. The summed E-state index contributed by atoms with van der Waals surface area (Å²) < 4.78 is 5.17. The topological polar surface area (TPSA) is 104 Å². The van der Waals surface area contributed by atoms with Crippen LogP contribution in [0.3, 0.4) is 0 Å². The third-order valence-electron chi connectivity index (χ3n) is 3.74. The molecule has 0 saturated carbocycles. The number of hydrogen-bond acceptors (Lipinski definition) is 6. The van der Waals surface area contributed by atoms with E-state index in [9.17, 15) is 14.7 Å². The summed E-state index contributed by atoms with van der Waals surface area (Å²) in [4.78, 5) is 30.7. The lowest BCUT2D eigenvalue weighted by Crippen LogP contribution is -2.18. The summed E-state index contributed by atoms with van der Waals surface area (Å²) in [6.07, 6.45) is 0.714. The van der Waals surface area contributed by atoms with Gasteiger partial charge in [-0.15, -0.1) is 0 Å². The fourth-order valence-electron chi connectivity index (χ4n) is 2.24. The molecule has 0 aliphatic carbocycles. The molecule has 1 heterocycles. The van der Waals surface area contributed by atoms with E-state index in [4.69, 9.17) is 4.74 Å². The minimum Gasteiger partial charge on any atom is -0.495 e. The Bertz CT molecular complexity index is 807. The highest BCUT2D eigenvalue weighted by Crippen LogP contribution is 2.25. The molecule has 0 aliphatic rings. The predicted octanol–water partition coefficient (Wildman–Crippen LogP) is 2.73. The lowest BCUT2D eigenvalue weighted by molar-refractivity contribution is -0.113. The van der Waals surface area contributed by atoms with Crippen LogP contribution < -0.4 is 15.6 Å². The van der Waals surface area contributed by atoms with Crippen molar-refractivity contribution in [2.45, 2.75) is 31.3 Å². The second-order valence-electron chi connectivity index (χ2n) is 5.45. The molecule has 8 heteroatoms. The van der Waals surface area contributed by atoms with Crippen LogP contribution in [-0.2, 0) is 4.79 Å². The summed E-state index contributed by atoms with van der Waals surface area (Å²) in [6.45, 7) is 3.77. The first-order chi connectivity index (χ1) is 12.0. The number of H-pyrrole nitrogens is 1. The van der Waals surface area contributed by atoms with E-state index < -0.39 is 0 Å². The zero-order valence-electron chi connectivity index (χ0n) is 14.3. The van der Waals surface area contributed by atoms with Gasteiger partial charge < -0.3 is 20.1 Å². The van der Waals surface area contributed by atoms with E-state index in [1.165, 1.54) is 7.11 Å². The van der Waals surface area contributed by atoms with Crippen molar-refractivity contribution in [1.29, 1.82) is 0 Å². The van der Waals surface area contributed by atoms with E-state index in [0.29, 0.717) is 17.9 Å². The Hall–Kier alpha value is -2.48. The maximum absolute atomic E-state index is 12.1. The molecule has 7 nitrogen and oxygen atoms in total. The fourth-order valence-corrected chi connectivity index (χ4v) is 2.89. The van der Waals surface area contributed by atoms with Gasteiger partial charge >= 0.3 is 0 Å². The van der Waals surface area contributed by atoms with Gasteiger partial charge in [0.05, 0.1) is 24.1 Å². The molecule has 0 radical (unpaired) electrons. The number of rotatable bonds is 7. The number of nitrogens with one attached hydrogen (secondary N) is 2. The van der Waals surface area contributed by atoms with E-state index in [1.54, 1.807) is 24.3 Å². The number of amides is 1.